The molecule has 1 aliphatic rings. The quantitative estimate of drug-likeness (QED) is 0.193. The first-order valence-electron chi connectivity index (χ1n) is 12.3. The smallest absolute Gasteiger partial charge is 0.308 e. The van der Waals surface area contributed by atoms with E-state index in [1.165, 1.54) is 37.0 Å². The molecule has 1 aromatic rings. The molecule has 1 fully saturated rings. The Morgan fingerprint density at radius 1 is 1.18 bits per heavy atom. The van der Waals surface area contributed by atoms with Crippen LogP contribution in [0, 0.1) is 0 Å². The minimum absolute atomic E-state index is 0.156. The van der Waals surface area contributed by atoms with E-state index >= 15 is 0 Å². The van der Waals surface area contributed by atoms with Gasteiger partial charge in [-0.25, -0.2) is 0 Å². The van der Waals surface area contributed by atoms with E-state index in [-0.39, 0.29) is 18.2 Å². The van der Waals surface area contributed by atoms with Gasteiger partial charge in [0.25, 0.3) is 5.91 Å². The molecule has 0 aliphatic carbocycles. The third kappa shape index (κ3) is 9.12. The second-order valence-corrected chi connectivity index (χ2v) is 9.30. The van der Waals surface area contributed by atoms with Gasteiger partial charge in [0.15, 0.2) is 0 Å². The van der Waals surface area contributed by atoms with E-state index in [0.717, 1.165) is 19.3 Å². The lowest BCUT2D eigenvalue weighted by Crippen LogP contribution is -2.57. The van der Waals surface area contributed by atoms with E-state index in [0.29, 0.717) is 42.1 Å². The van der Waals surface area contributed by atoms with Crippen LogP contribution in [0.5, 0.6) is 5.75 Å². The van der Waals surface area contributed by atoms with Crippen molar-refractivity contribution in [1.82, 2.24) is 10.2 Å². The van der Waals surface area contributed by atoms with Crippen molar-refractivity contribution in [3.8, 4) is 5.75 Å². The third-order valence-electron chi connectivity index (χ3n) is 5.75. The molecule has 0 saturated carbocycles. The maximum Gasteiger partial charge on any atom is 0.308 e. The van der Waals surface area contributed by atoms with E-state index < -0.39 is 12.0 Å². The molecule has 0 spiro atoms. The summed E-state index contributed by atoms with van der Waals surface area (Å²) in [6.45, 7) is 7.19. The number of benzene rings is 1. The number of unbranched alkanes of at least 4 members (excludes halogenated alkanes) is 7. The van der Waals surface area contributed by atoms with Gasteiger partial charge >= 0.3 is 5.97 Å². The zero-order valence-electron chi connectivity index (χ0n) is 20.2. The second kappa shape index (κ2) is 15.5. The third-order valence-corrected chi connectivity index (χ3v) is 6.37. The Morgan fingerprint density at radius 2 is 1.88 bits per heavy atom. The van der Waals surface area contributed by atoms with Crippen molar-refractivity contribution >= 4 is 33.7 Å². The molecule has 0 aromatic heterocycles. The highest BCUT2D eigenvalue weighted by atomic mass is 79.9. The number of esters is 1. The average molecular weight is 537 g/mol. The van der Waals surface area contributed by atoms with Gasteiger partial charge in [-0.1, -0.05) is 64.5 Å². The number of hydrogen-bond acceptors (Lipinski definition) is 5. The summed E-state index contributed by atoms with van der Waals surface area (Å²) in [5.41, 5.74) is 0.407. The van der Waals surface area contributed by atoms with E-state index in [9.17, 15) is 14.4 Å². The van der Waals surface area contributed by atoms with Crippen molar-refractivity contribution in [2.24, 2.45) is 0 Å². The highest BCUT2D eigenvalue weighted by molar-refractivity contribution is 9.10. The lowest BCUT2D eigenvalue weighted by atomic mass is 10.1. The molecule has 188 valence electrons. The Balaban J connectivity index is 1.85. The van der Waals surface area contributed by atoms with Gasteiger partial charge in [0, 0.05) is 18.7 Å². The standard InChI is InChI=1S/C26H37BrN2O5/c1-3-5-6-7-8-9-10-11-17-34-24(30)19-22-25(31)28-14-15-29(22)26(32)20-12-13-23(21(27)18-20)33-16-4-2/h4,12-13,18,22H,2-3,5-11,14-17,19H2,1H3,(H,28,31). The molecule has 1 aliphatic heterocycles. The number of piperazine rings is 1. The number of carbonyl (C=O) groups excluding carboxylic acids is 3. The van der Waals surface area contributed by atoms with Crippen molar-refractivity contribution in [2.45, 2.75) is 70.8 Å². The maximum atomic E-state index is 13.2. The fourth-order valence-corrected chi connectivity index (χ4v) is 4.36. The Kier molecular flexibility index (Phi) is 12.7. The number of amides is 2. The van der Waals surface area contributed by atoms with Gasteiger partial charge < -0.3 is 19.7 Å². The van der Waals surface area contributed by atoms with Gasteiger partial charge in [-0.15, -0.1) is 0 Å². The molecular weight excluding hydrogens is 500 g/mol. The number of halogens is 1. The lowest BCUT2D eigenvalue weighted by molar-refractivity contribution is -0.147. The number of rotatable bonds is 15. The number of carbonyl (C=O) groups is 3. The second-order valence-electron chi connectivity index (χ2n) is 8.45. The molecule has 7 nitrogen and oxygen atoms in total. The van der Waals surface area contributed by atoms with E-state index in [1.807, 2.05) is 0 Å². The van der Waals surface area contributed by atoms with Gasteiger partial charge in [-0.2, -0.15) is 0 Å². The highest BCUT2D eigenvalue weighted by Crippen LogP contribution is 2.27. The zero-order chi connectivity index (χ0) is 24.8. The molecule has 1 heterocycles. The van der Waals surface area contributed by atoms with E-state index in [4.69, 9.17) is 9.47 Å². The normalized spacial score (nSPS) is 15.5. The van der Waals surface area contributed by atoms with Crippen LogP contribution in [0.25, 0.3) is 0 Å². The van der Waals surface area contributed by atoms with Crippen molar-refractivity contribution < 1.29 is 23.9 Å². The summed E-state index contributed by atoms with van der Waals surface area (Å²) < 4.78 is 11.5. The lowest BCUT2D eigenvalue weighted by Gasteiger charge is -2.34. The minimum atomic E-state index is -0.886. The summed E-state index contributed by atoms with van der Waals surface area (Å²) in [5.74, 6) is -0.522. The number of ether oxygens (including phenoxy) is 2. The fourth-order valence-electron chi connectivity index (χ4n) is 3.86. The van der Waals surface area contributed by atoms with Crippen LogP contribution in [0.1, 0.15) is 75.1 Å². The topological polar surface area (TPSA) is 84.9 Å². The Morgan fingerprint density at radius 3 is 2.56 bits per heavy atom. The number of hydrogen-bond donors (Lipinski definition) is 1. The molecule has 34 heavy (non-hydrogen) atoms. The van der Waals surface area contributed by atoms with Crippen LogP contribution in [-0.4, -0.2) is 55.0 Å². The van der Waals surface area contributed by atoms with Crippen molar-refractivity contribution in [2.75, 3.05) is 26.3 Å². The van der Waals surface area contributed by atoms with Gasteiger partial charge in [-0.3, -0.25) is 14.4 Å². The first kappa shape index (κ1) is 27.9. The van der Waals surface area contributed by atoms with Crippen LogP contribution < -0.4 is 10.1 Å². The largest absolute Gasteiger partial charge is 0.488 e. The van der Waals surface area contributed by atoms with Gasteiger partial charge in [-0.05, 0) is 40.5 Å². The molecule has 1 atom stereocenters. The van der Waals surface area contributed by atoms with Crippen LogP contribution >= 0.6 is 15.9 Å². The summed E-state index contributed by atoms with van der Waals surface area (Å²) in [5, 5.41) is 2.74. The Bertz CT molecular complexity index is 829. The first-order chi connectivity index (χ1) is 16.5. The Hall–Kier alpha value is -2.35. The summed E-state index contributed by atoms with van der Waals surface area (Å²) in [6, 6.07) is 4.11. The van der Waals surface area contributed by atoms with Crippen molar-refractivity contribution in [1.29, 1.82) is 0 Å². The summed E-state index contributed by atoms with van der Waals surface area (Å²) in [6.07, 6.45) is 10.7. The average Bonchev–Trinajstić information content (AvgIpc) is 2.83. The van der Waals surface area contributed by atoms with Gasteiger partial charge in [0.2, 0.25) is 5.91 Å². The van der Waals surface area contributed by atoms with E-state index in [2.05, 4.69) is 34.7 Å². The minimum Gasteiger partial charge on any atom is -0.488 e. The molecule has 2 rings (SSSR count). The molecule has 1 saturated heterocycles. The van der Waals surface area contributed by atoms with Gasteiger partial charge in [0.05, 0.1) is 17.5 Å². The highest BCUT2D eigenvalue weighted by Gasteiger charge is 2.35. The Labute approximate surface area is 211 Å². The fraction of sp³-hybridized carbons (Fsp3) is 0.577. The number of nitrogens with zero attached hydrogens (tertiary/aromatic N) is 1. The van der Waals surface area contributed by atoms with Gasteiger partial charge in [0.1, 0.15) is 18.4 Å². The zero-order valence-corrected chi connectivity index (χ0v) is 21.7. The van der Waals surface area contributed by atoms with Crippen LogP contribution in [0.15, 0.2) is 35.3 Å². The molecule has 2 amide bonds. The molecule has 0 bridgehead atoms. The first-order valence-corrected chi connectivity index (χ1v) is 13.0. The predicted octanol–water partition coefficient (Wildman–Crippen LogP) is 5.03. The monoisotopic (exact) mass is 536 g/mol. The molecular formula is C26H37BrN2O5. The predicted molar refractivity (Wildman–Crippen MR) is 136 cm³/mol. The summed E-state index contributed by atoms with van der Waals surface area (Å²) >= 11 is 3.42. The molecule has 1 N–H and O–H groups in total. The maximum absolute atomic E-state index is 13.2. The van der Waals surface area contributed by atoms with Crippen LogP contribution in [0.4, 0.5) is 0 Å². The van der Waals surface area contributed by atoms with Crippen LogP contribution in [-0.2, 0) is 14.3 Å². The van der Waals surface area contributed by atoms with Crippen molar-refractivity contribution in [3.05, 3.63) is 40.9 Å². The molecule has 1 aromatic carbocycles. The SMILES string of the molecule is C=CCOc1ccc(C(=O)N2CCNC(=O)C2CC(=O)OCCCCCCCCCC)cc1Br. The molecule has 8 heteroatoms. The van der Waals surface area contributed by atoms with Crippen LogP contribution in [0.3, 0.4) is 0 Å². The summed E-state index contributed by atoms with van der Waals surface area (Å²) in [7, 11) is 0. The van der Waals surface area contributed by atoms with Crippen molar-refractivity contribution in [3.63, 3.8) is 0 Å². The molecule has 0 radical (unpaired) electrons. The van der Waals surface area contributed by atoms with E-state index in [1.54, 1.807) is 24.3 Å². The summed E-state index contributed by atoms with van der Waals surface area (Å²) in [4.78, 5) is 39.5. The molecule has 1 unspecified atom stereocenters. The number of nitrogens with one attached hydrogen (secondary N) is 1. The van der Waals surface area contributed by atoms with Crippen LogP contribution in [0.2, 0.25) is 0 Å².